The molecule has 1 saturated heterocycles. The van der Waals surface area contributed by atoms with E-state index in [-0.39, 0.29) is 18.0 Å². The van der Waals surface area contributed by atoms with Crippen LogP contribution in [0.3, 0.4) is 0 Å². The number of carbonyl (C=O) groups excluding carboxylic acids is 1. The fourth-order valence-corrected chi connectivity index (χ4v) is 2.93. The summed E-state index contributed by atoms with van der Waals surface area (Å²) in [4.78, 5) is 12.4. The fraction of sp³-hybridized carbons (Fsp3) is 0.278. The lowest BCUT2D eigenvalue weighted by Gasteiger charge is -2.15. The van der Waals surface area contributed by atoms with Crippen molar-refractivity contribution in [1.82, 2.24) is 10.9 Å². The van der Waals surface area contributed by atoms with Gasteiger partial charge in [0.25, 0.3) is 0 Å². The molecule has 3 rings (SSSR count). The molecular formula is C18H20ClN3O3. The number of hydrazine groups is 1. The van der Waals surface area contributed by atoms with E-state index in [0.717, 1.165) is 17.1 Å². The van der Waals surface area contributed by atoms with Crippen molar-refractivity contribution >= 4 is 23.2 Å². The van der Waals surface area contributed by atoms with E-state index in [2.05, 4.69) is 16.2 Å². The molecule has 0 radical (unpaired) electrons. The summed E-state index contributed by atoms with van der Waals surface area (Å²) < 4.78 is 10.7. The first-order valence-electron chi connectivity index (χ1n) is 7.90. The van der Waals surface area contributed by atoms with E-state index in [9.17, 15) is 4.79 Å². The lowest BCUT2D eigenvalue weighted by Crippen LogP contribution is -2.39. The Bertz CT molecular complexity index is 752. The number of anilines is 1. The lowest BCUT2D eigenvalue weighted by atomic mass is 10.0. The monoisotopic (exact) mass is 361 g/mol. The highest BCUT2D eigenvalue weighted by molar-refractivity contribution is 6.30. The zero-order chi connectivity index (χ0) is 17.8. The highest BCUT2D eigenvalue weighted by Gasteiger charge is 2.31. The van der Waals surface area contributed by atoms with Crippen molar-refractivity contribution in [3.8, 4) is 11.5 Å². The number of benzene rings is 2. The Morgan fingerprint density at radius 2 is 1.88 bits per heavy atom. The molecule has 0 bridgehead atoms. The number of halogens is 1. The highest BCUT2D eigenvalue weighted by Crippen LogP contribution is 2.33. The van der Waals surface area contributed by atoms with Crippen LogP contribution in [-0.4, -0.2) is 26.2 Å². The molecule has 7 heteroatoms. The van der Waals surface area contributed by atoms with Crippen LogP contribution in [0.5, 0.6) is 11.5 Å². The van der Waals surface area contributed by atoms with E-state index in [1.165, 1.54) is 0 Å². The topological polar surface area (TPSA) is 71.6 Å². The minimum atomic E-state index is -0.354. The van der Waals surface area contributed by atoms with Crippen molar-refractivity contribution in [1.29, 1.82) is 0 Å². The molecular weight excluding hydrogens is 342 g/mol. The fourth-order valence-electron chi connectivity index (χ4n) is 2.80. The molecule has 0 saturated carbocycles. The first kappa shape index (κ1) is 17.5. The van der Waals surface area contributed by atoms with Crippen LogP contribution in [0, 0.1) is 0 Å². The van der Waals surface area contributed by atoms with Gasteiger partial charge in [-0.05, 0) is 36.8 Å². The third-order valence-electron chi connectivity index (χ3n) is 4.15. The van der Waals surface area contributed by atoms with E-state index in [4.69, 9.17) is 21.1 Å². The van der Waals surface area contributed by atoms with E-state index in [0.29, 0.717) is 17.1 Å². The SMILES string of the molecule is COc1ccc(C2CC(C(=O)Nc3ccc(Cl)cc3)NN2)c(OC)c1. The second kappa shape index (κ2) is 7.74. The van der Waals surface area contributed by atoms with Gasteiger partial charge in [0.1, 0.15) is 17.5 Å². The number of hydrogen-bond donors (Lipinski definition) is 3. The Balaban J connectivity index is 1.67. The molecule has 1 amide bonds. The van der Waals surface area contributed by atoms with Gasteiger partial charge in [0.15, 0.2) is 0 Å². The quantitative estimate of drug-likeness (QED) is 0.763. The maximum atomic E-state index is 12.4. The van der Waals surface area contributed by atoms with Gasteiger partial charge in [0, 0.05) is 22.3 Å². The van der Waals surface area contributed by atoms with E-state index in [1.807, 2.05) is 18.2 Å². The second-order valence-corrected chi connectivity index (χ2v) is 6.17. The molecule has 0 aromatic heterocycles. The van der Waals surface area contributed by atoms with Crippen LogP contribution in [0.4, 0.5) is 5.69 Å². The molecule has 1 heterocycles. The van der Waals surface area contributed by atoms with Crippen LogP contribution < -0.4 is 25.6 Å². The van der Waals surface area contributed by atoms with Gasteiger partial charge in [-0.25, -0.2) is 10.9 Å². The summed E-state index contributed by atoms with van der Waals surface area (Å²) in [5.74, 6) is 1.34. The number of hydrogen-bond acceptors (Lipinski definition) is 5. The van der Waals surface area contributed by atoms with Gasteiger partial charge in [0.05, 0.1) is 20.3 Å². The molecule has 1 aliphatic rings. The molecule has 6 nitrogen and oxygen atoms in total. The number of nitrogens with one attached hydrogen (secondary N) is 3. The maximum absolute atomic E-state index is 12.4. The first-order valence-corrected chi connectivity index (χ1v) is 8.28. The van der Waals surface area contributed by atoms with Gasteiger partial charge in [-0.15, -0.1) is 0 Å². The molecule has 3 N–H and O–H groups in total. The third-order valence-corrected chi connectivity index (χ3v) is 4.40. The summed E-state index contributed by atoms with van der Waals surface area (Å²) in [6, 6.07) is 12.3. The number of carbonyl (C=O) groups is 1. The van der Waals surface area contributed by atoms with Crippen LogP contribution in [-0.2, 0) is 4.79 Å². The lowest BCUT2D eigenvalue weighted by molar-refractivity contribution is -0.117. The molecule has 132 valence electrons. The summed E-state index contributed by atoms with van der Waals surface area (Å²) in [6.07, 6.45) is 0.599. The van der Waals surface area contributed by atoms with Crippen molar-refractivity contribution in [2.45, 2.75) is 18.5 Å². The van der Waals surface area contributed by atoms with Crippen LogP contribution >= 0.6 is 11.6 Å². The largest absolute Gasteiger partial charge is 0.497 e. The molecule has 0 spiro atoms. The van der Waals surface area contributed by atoms with E-state index < -0.39 is 0 Å². The van der Waals surface area contributed by atoms with E-state index in [1.54, 1.807) is 38.5 Å². The van der Waals surface area contributed by atoms with E-state index >= 15 is 0 Å². The number of rotatable bonds is 5. The summed E-state index contributed by atoms with van der Waals surface area (Å²) >= 11 is 5.86. The minimum absolute atomic E-state index is 0.0400. The van der Waals surface area contributed by atoms with Crippen LogP contribution in [0.15, 0.2) is 42.5 Å². The number of ether oxygens (including phenoxy) is 2. The normalized spacial score (nSPS) is 19.5. The third kappa shape index (κ3) is 4.04. The van der Waals surface area contributed by atoms with Crippen LogP contribution in [0.25, 0.3) is 0 Å². The molecule has 2 aromatic carbocycles. The summed E-state index contributed by atoms with van der Waals surface area (Å²) in [7, 11) is 3.23. The summed E-state index contributed by atoms with van der Waals surface area (Å²) in [6.45, 7) is 0. The zero-order valence-electron chi connectivity index (χ0n) is 14.0. The zero-order valence-corrected chi connectivity index (χ0v) is 14.8. The Morgan fingerprint density at radius 3 is 2.56 bits per heavy atom. The minimum Gasteiger partial charge on any atom is -0.497 e. The Hall–Kier alpha value is -2.28. The molecule has 1 aliphatic heterocycles. The van der Waals surface area contributed by atoms with Crippen LogP contribution in [0.1, 0.15) is 18.0 Å². The smallest absolute Gasteiger partial charge is 0.242 e. The second-order valence-electron chi connectivity index (χ2n) is 5.73. The van der Waals surface area contributed by atoms with Gasteiger partial charge >= 0.3 is 0 Å². The summed E-state index contributed by atoms with van der Waals surface area (Å²) in [5.41, 5.74) is 7.88. The summed E-state index contributed by atoms with van der Waals surface area (Å²) in [5, 5.41) is 3.51. The Morgan fingerprint density at radius 1 is 1.12 bits per heavy atom. The highest BCUT2D eigenvalue weighted by atomic mass is 35.5. The predicted octanol–water partition coefficient (Wildman–Crippen LogP) is 2.90. The Kier molecular flexibility index (Phi) is 5.43. The van der Waals surface area contributed by atoms with Gasteiger partial charge in [-0.2, -0.15) is 0 Å². The predicted molar refractivity (Wildman–Crippen MR) is 97.0 cm³/mol. The standard InChI is InChI=1S/C18H20ClN3O3/c1-24-13-7-8-14(17(9-13)25-2)15-10-16(22-21-15)18(23)20-12-5-3-11(19)4-6-12/h3-9,15-16,21-22H,10H2,1-2H3,(H,20,23). The molecule has 2 atom stereocenters. The van der Waals surface area contributed by atoms with Gasteiger partial charge in [-0.1, -0.05) is 17.7 Å². The molecule has 1 fully saturated rings. The van der Waals surface area contributed by atoms with Crippen molar-refractivity contribution in [2.24, 2.45) is 0 Å². The van der Waals surface area contributed by atoms with Crippen molar-refractivity contribution in [2.75, 3.05) is 19.5 Å². The maximum Gasteiger partial charge on any atom is 0.242 e. The van der Waals surface area contributed by atoms with Gasteiger partial charge < -0.3 is 14.8 Å². The average molecular weight is 362 g/mol. The number of amides is 1. The molecule has 25 heavy (non-hydrogen) atoms. The molecule has 0 aliphatic carbocycles. The number of methoxy groups -OCH3 is 2. The Labute approximate surface area is 151 Å². The molecule has 2 unspecified atom stereocenters. The van der Waals surface area contributed by atoms with Gasteiger partial charge in [-0.3, -0.25) is 4.79 Å². The first-order chi connectivity index (χ1) is 12.1. The average Bonchev–Trinajstić information content (AvgIpc) is 3.13. The van der Waals surface area contributed by atoms with Gasteiger partial charge in [0.2, 0.25) is 5.91 Å². The van der Waals surface area contributed by atoms with Crippen molar-refractivity contribution in [3.05, 3.63) is 53.1 Å². The molecule has 2 aromatic rings. The van der Waals surface area contributed by atoms with Crippen LogP contribution in [0.2, 0.25) is 5.02 Å². The van der Waals surface area contributed by atoms with Crippen molar-refractivity contribution < 1.29 is 14.3 Å². The van der Waals surface area contributed by atoms with Crippen molar-refractivity contribution in [3.63, 3.8) is 0 Å².